The number of para-hydroxylation sites is 1. The van der Waals surface area contributed by atoms with Crippen LogP contribution in [0.15, 0.2) is 30.6 Å². The van der Waals surface area contributed by atoms with E-state index in [2.05, 4.69) is 98.2 Å². The largest absolute Gasteiger partial charge is 0.310 e. The van der Waals surface area contributed by atoms with E-state index in [-0.39, 0.29) is 0 Å². The third kappa shape index (κ3) is 2.88. The second kappa shape index (κ2) is 6.33. The molecule has 1 unspecified atom stereocenters. The first-order valence-electron chi connectivity index (χ1n) is 5.86. The number of imidazole rings is 1. The number of nitrogens with zero attached hydrogens (tertiary/aromatic N) is 2. The van der Waals surface area contributed by atoms with Gasteiger partial charge in [-0.2, -0.15) is 0 Å². The summed E-state index contributed by atoms with van der Waals surface area (Å²) in [6.07, 6.45) is 1.89. The lowest BCUT2D eigenvalue weighted by molar-refractivity contribution is 0.595. The lowest BCUT2D eigenvalue weighted by Crippen LogP contribution is -2.19. The van der Waals surface area contributed by atoms with Crippen molar-refractivity contribution < 1.29 is 0 Å². The molecule has 0 aliphatic rings. The highest BCUT2D eigenvalue weighted by molar-refractivity contribution is 14.1. The molecule has 0 fully saturated rings. The van der Waals surface area contributed by atoms with Gasteiger partial charge in [0.05, 0.1) is 5.69 Å². The van der Waals surface area contributed by atoms with Crippen molar-refractivity contribution in [3.8, 4) is 5.69 Å². The molecule has 0 spiro atoms. The molecule has 18 heavy (non-hydrogen) atoms. The molecule has 96 valence electrons. The summed E-state index contributed by atoms with van der Waals surface area (Å²) >= 11 is 4.60. The van der Waals surface area contributed by atoms with Gasteiger partial charge < -0.3 is 5.32 Å². The number of nitrogens with one attached hydrogen (secondary N) is 1. The first kappa shape index (κ1) is 14.3. The molecule has 0 radical (unpaired) electrons. The van der Waals surface area contributed by atoms with Crippen molar-refractivity contribution >= 4 is 45.2 Å². The van der Waals surface area contributed by atoms with Crippen LogP contribution in [0.4, 0.5) is 0 Å². The third-order valence-corrected chi connectivity index (χ3v) is 5.69. The monoisotopic (exact) mass is 467 g/mol. The van der Waals surface area contributed by atoms with Crippen molar-refractivity contribution in [3.63, 3.8) is 0 Å². The van der Waals surface area contributed by atoms with E-state index in [1.807, 2.05) is 6.33 Å². The number of hydrogen-bond acceptors (Lipinski definition) is 2. The van der Waals surface area contributed by atoms with Crippen molar-refractivity contribution in [1.29, 1.82) is 0 Å². The first-order valence-corrected chi connectivity index (χ1v) is 8.02. The predicted molar refractivity (Wildman–Crippen MR) is 91.1 cm³/mol. The topological polar surface area (TPSA) is 29.9 Å². The fourth-order valence-corrected chi connectivity index (χ4v) is 2.88. The van der Waals surface area contributed by atoms with E-state index in [0.717, 1.165) is 13.9 Å². The molecule has 0 saturated carbocycles. The third-order valence-electron chi connectivity index (χ3n) is 2.84. The highest BCUT2D eigenvalue weighted by Gasteiger charge is 2.13. The molecule has 3 nitrogen and oxygen atoms in total. The van der Waals surface area contributed by atoms with Gasteiger partial charge in [0.25, 0.3) is 0 Å². The zero-order valence-electron chi connectivity index (χ0n) is 10.3. The molecule has 0 amide bonds. The van der Waals surface area contributed by atoms with E-state index in [0.29, 0.717) is 6.04 Å². The number of benzene rings is 1. The van der Waals surface area contributed by atoms with Crippen LogP contribution in [0.5, 0.6) is 0 Å². The molecule has 1 atom stereocenters. The smallest absolute Gasteiger partial charge is 0.133 e. The van der Waals surface area contributed by atoms with Crippen LogP contribution in [-0.4, -0.2) is 16.1 Å². The van der Waals surface area contributed by atoms with E-state index in [4.69, 9.17) is 0 Å². The van der Waals surface area contributed by atoms with Crippen LogP contribution >= 0.6 is 45.2 Å². The second-order valence-electron chi connectivity index (χ2n) is 4.03. The van der Waals surface area contributed by atoms with Crippen LogP contribution in [0.1, 0.15) is 25.5 Å². The SMILES string of the molecule is CCNC(C)c1ccccc1-n1cnc(I)c1I. The molecular formula is C13H15I2N3. The molecule has 0 aliphatic carbocycles. The normalized spacial score (nSPS) is 12.7. The van der Waals surface area contributed by atoms with Crippen LogP contribution in [0.2, 0.25) is 0 Å². The zero-order chi connectivity index (χ0) is 13.1. The molecular weight excluding hydrogens is 452 g/mol. The summed E-state index contributed by atoms with van der Waals surface area (Å²) in [5.74, 6) is 0. The standard InChI is InChI=1S/C13H15I2N3/c1-3-16-9(2)10-6-4-5-7-11(10)18-8-17-12(14)13(18)15/h4-9,16H,3H2,1-2H3. The highest BCUT2D eigenvalue weighted by Crippen LogP contribution is 2.25. The van der Waals surface area contributed by atoms with Gasteiger partial charge in [-0.3, -0.25) is 4.57 Å². The Morgan fingerprint density at radius 1 is 1.33 bits per heavy atom. The lowest BCUT2D eigenvalue weighted by Gasteiger charge is -2.18. The van der Waals surface area contributed by atoms with Gasteiger partial charge in [-0.1, -0.05) is 25.1 Å². The number of aromatic nitrogens is 2. The minimum atomic E-state index is 0.335. The summed E-state index contributed by atoms with van der Waals surface area (Å²) in [6.45, 7) is 5.29. The van der Waals surface area contributed by atoms with Gasteiger partial charge in [0.2, 0.25) is 0 Å². The zero-order valence-corrected chi connectivity index (χ0v) is 14.6. The van der Waals surface area contributed by atoms with Crippen LogP contribution in [-0.2, 0) is 0 Å². The Balaban J connectivity index is 2.48. The maximum absolute atomic E-state index is 4.36. The van der Waals surface area contributed by atoms with Gasteiger partial charge in [-0.05, 0) is 70.3 Å². The minimum absolute atomic E-state index is 0.335. The maximum atomic E-state index is 4.36. The van der Waals surface area contributed by atoms with E-state index in [9.17, 15) is 0 Å². The summed E-state index contributed by atoms with van der Waals surface area (Å²) in [7, 11) is 0. The van der Waals surface area contributed by atoms with Gasteiger partial charge in [0.15, 0.2) is 0 Å². The van der Waals surface area contributed by atoms with E-state index < -0.39 is 0 Å². The van der Waals surface area contributed by atoms with Crippen LogP contribution in [0.25, 0.3) is 5.69 Å². The molecule has 0 bridgehead atoms. The van der Waals surface area contributed by atoms with E-state index >= 15 is 0 Å². The Kier molecular flexibility index (Phi) is 5.02. The van der Waals surface area contributed by atoms with Gasteiger partial charge in [-0.25, -0.2) is 4.98 Å². The lowest BCUT2D eigenvalue weighted by atomic mass is 10.1. The summed E-state index contributed by atoms with van der Waals surface area (Å²) < 4.78 is 4.34. The number of halogens is 2. The Morgan fingerprint density at radius 2 is 2.06 bits per heavy atom. The predicted octanol–water partition coefficient (Wildman–Crippen LogP) is 3.75. The molecule has 0 saturated heterocycles. The number of hydrogen-bond donors (Lipinski definition) is 1. The molecule has 2 rings (SSSR count). The van der Waals surface area contributed by atoms with E-state index in [1.165, 1.54) is 11.3 Å². The summed E-state index contributed by atoms with van der Waals surface area (Å²) in [4.78, 5) is 4.36. The molecule has 1 heterocycles. The Labute approximate surface area is 135 Å². The average molecular weight is 467 g/mol. The Morgan fingerprint density at radius 3 is 2.67 bits per heavy atom. The molecule has 1 N–H and O–H groups in total. The summed E-state index contributed by atoms with van der Waals surface area (Å²) in [6, 6.07) is 8.80. The quantitative estimate of drug-likeness (QED) is 0.695. The first-order chi connectivity index (χ1) is 8.65. The molecule has 1 aromatic heterocycles. The fraction of sp³-hybridized carbons (Fsp3) is 0.308. The summed E-state index contributed by atoms with van der Waals surface area (Å²) in [5, 5.41) is 3.46. The van der Waals surface area contributed by atoms with Crippen molar-refractivity contribution in [2.75, 3.05) is 6.54 Å². The molecule has 1 aromatic carbocycles. The average Bonchev–Trinajstić information content (AvgIpc) is 2.70. The maximum Gasteiger partial charge on any atom is 0.133 e. The summed E-state index contributed by atoms with van der Waals surface area (Å²) in [5.41, 5.74) is 2.50. The van der Waals surface area contributed by atoms with Crippen LogP contribution in [0, 0.1) is 7.40 Å². The molecule has 5 heteroatoms. The van der Waals surface area contributed by atoms with Crippen LogP contribution < -0.4 is 5.32 Å². The second-order valence-corrected chi connectivity index (χ2v) is 6.08. The van der Waals surface area contributed by atoms with Crippen molar-refractivity contribution in [1.82, 2.24) is 14.9 Å². The van der Waals surface area contributed by atoms with Crippen molar-refractivity contribution in [2.45, 2.75) is 19.9 Å². The molecule has 0 aliphatic heterocycles. The minimum Gasteiger partial charge on any atom is -0.310 e. The van der Waals surface area contributed by atoms with Crippen molar-refractivity contribution in [3.05, 3.63) is 43.6 Å². The van der Waals surface area contributed by atoms with Gasteiger partial charge in [0.1, 0.15) is 13.7 Å². The highest BCUT2D eigenvalue weighted by atomic mass is 127. The number of rotatable bonds is 4. The Bertz CT molecular complexity index is 537. The van der Waals surface area contributed by atoms with Crippen LogP contribution in [0.3, 0.4) is 0 Å². The van der Waals surface area contributed by atoms with Crippen molar-refractivity contribution in [2.24, 2.45) is 0 Å². The van der Waals surface area contributed by atoms with Gasteiger partial charge >= 0.3 is 0 Å². The van der Waals surface area contributed by atoms with E-state index in [1.54, 1.807) is 0 Å². The Hall–Kier alpha value is -0.150. The van der Waals surface area contributed by atoms with Gasteiger partial charge in [-0.15, -0.1) is 0 Å². The van der Waals surface area contributed by atoms with Gasteiger partial charge in [0, 0.05) is 6.04 Å². The molecule has 2 aromatic rings. The fourth-order valence-electron chi connectivity index (χ4n) is 1.97.